The van der Waals surface area contributed by atoms with Crippen LogP contribution in [0, 0.1) is 13.8 Å². The molecule has 0 bridgehead atoms. The Bertz CT molecular complexity index is 976. The third-order valence-corrected chi connectivity index (χ3v) is 3.98. The van der Waals surface area contributed by atoms with Crippen LogP contribution in [0.5, 0.6) is 11.5 Å². The topological polar surface area (TPSA) is 78.6 Å². The van der Waals surface area contributed by atoms with Gasteiger partial charge in [0.1, 0.15) is 11.5 Å². The summed E-state index contributed by atoms with van der Waals surface area (Å²) in [5, 5.41) is 0. The molecule has 0 saturated heterocycles. The van der Waals surface area contributed by atoms with Gasteiger partial charge in [0, 0.05) is 5.69 Å². The molecule has 27 heavy (non-hydrogen) atoms. The molecule has 136 valence electrons. The molecule has 3 aromatic carbocycles. The van der Waals surface area contributed by atoms with Crippen molar-refractivity contribution in [3.8, 4) is 11.5 Å². The van der Waals surface area contributed by atoms with E-state index in [9.17, 15) is 9.59 Å². The highest BCUT2D eigenvalue weighted by atomic mass is 16.5. The number of nitrogen functional groups attached to an aromatic ring is 1. The van der Waals surface area contributed by atoms with Gasteiger partial charge < -0.3 is 15.2 Å². The van der Waals surface area contributed by atoms with Gasteiger partial charge in [-0.2, -0.15) is 0 Å². The number of hydrogen-bond acceptors (Lipinski definition) is 5. The highest BCUT2D eigenvalue weighted by Gasteiger charge is 2.23. The number of hydrogen-bond donors (Lipinski definition) is 1. The molecule has 0 unspecified atom stereocenters. The lowest BCUT2D eigenvalue weighted by atomic mass is 10.1. The van der Waals surface area contributed by atoms with E-state index in [2.05, 4.69) is 0 Å². The number of nitrogens with two attached hydrogens (primary N) is 1. The van der Waals surface area contributed by atoms with Gasteiger partial charge in [0.25, 0.3) is 0 Å². The molecule has 3 rings (SSSR count). The average molecular weight is 361 g/mol. The highest BCUT2D eigenvalue weighted by Crippen LogP contribution is 2.23. The smallest absolute Gasteiger partial charge is 0.346 e. The summed E-state index contributed by atoms with van der Waals surface area (Å²) in [4.78, 5) is 25.2. The molecule has 0 aliphatic rings. The minimum absolute atomic E-state index is 0.0183. The summed E-state index contributed by atoms with van der Waals surface area (Å²) in [7, 11) is 0. The van der Waals surface area contributed by atoms with Gasteiger partial charge in [-0.1, -0.05) is 41.5 Å². The summed E-state index contributed by atoms with van der Waals surface area (Å²) in [6, 6.07) is 18.6. The number of ether oxygens (including phenoxy) is 2. The van der Waals surface area contributed by atoms with E-state index in [1.807, 2.05) is 38.1 Å². The molecule has 0 aliphatic heterocycles. The Morgan fingerprint density at radius 2 is 1.19 bits per heavy atom. The molecular weight excluding hydrogens is 342 g/mol. The maximum absolute atomic E-state index is 12.6. The summed E-state index contributed by atoms with van der Waals surface area (Å²) >= 11 is 0. The van der Waals surface area contributed by atoms with Crippen molar-refractivity contribution in [3.63, 3.8) is 0 Å². The number of aryl methyl sites for hydroxylation is 2. The van der Waals surface area contributed by atoms with Gasteiger partial charge in [-0.3, -0.25) is 0 Å². The Morgan fingerprint density at radius 1 is 0.704 bits per heavy atom. The van der Waals surface area contributed by atoms with Crippen LogP contribution >= 0.6 is 0 Å². The predicted octanol–water partition coefficient (Wildman–Crippen LogP) is 4.32. The fourth-order valence-electron chi connectivity index (χ4n) is 2.50. The molecule has 0 fully saturated rings. The van der Waals surface area contributed by atoms with Crippen LogP contribution in [-0.4, -0.2) is 11.9 Å². The van der Waals surface area contributed by atoms with Crippen LogP contribution < -0.4 is 15.2 Å². The molecule has 5 nitrogen and oxygen atoms in total. The van der Waals surface area contributed by atoms with Crippen LogP contribution in [-0.2, 0) is 0 Å². The predicted molar refractivity (Wildman–Crippen MR) is 103 cm³/mol. The summed E-state index contributed by atoms with van der Waals surface area (Å²) < 4.78 is 10.7. The number of carbonyl (C=O) groups is 2. The number of benzene rings is 3. The Balaban J connectivity index is 1.87. The van der Waals surface area contributed by atoms with Gasteiger partial charge in [-0.05, 0) is 50.2 Å². The van der Waals surface area contributed by atoms with E-state index in [0.717, 1.165) is 11.1 Å². The lowest BCUT2D eigenvalue weighted by Crippen LogP contribution is -2.19. The van der Waals surface area contributed by atoms with Crippen LogP contribution in [0.4, 0.5) is 5.69 Å². The summed E-state index contributed by atoms with van der Waals surface area (Å²) in [5.41, 5.74) is 8.20. The first-order chi connectivity index (χ1) is 12.9. The second-order valence-electron chi connectivity index (χ2n) is 6.17. The molecule has 0 spiro atoms. The Hall–Kier alpha value is -3.60. The SMILES string of the molecule is Cc1ccc(OC(=O)c2cccc(N)c2C(=O)Oc2ccc(C)cc2)cc1. The van der Waals surface area contributed by atoms with Gasteiger partial charge >= 0.3 is 11.9 Å². The van der Waals surface area contributed by atoms with E-state index in [-0.39, 0.29) is 16.8 Å². The van der Waals surface area contributed by atoms with Crippen LogP contribution in [0.1, 0.15) is 31.8 Å². The van der Waals surface area contributed by atoms with Crippen molar-refractivity contribution < 1.29 is 19.1 Å². The van der Waals surface area contributed by atoms with Crippen LogP contribution in [0.15, 0.2) is 66.7 Å². The zero-order valence-corrected chi connectivity index (χ0v) is 15.1. The molecule has 0 saturated carbocycles. The first-order valence-electron chi connectivity index (χ1n) is 8.40. The maximum Gasteiger partial charge on any atom is 0.346 e. The maximum atomic E-state index is 12.6. The second kappa shape index (κ2) is 7.74. The van der Waals surface area contributed by atoms with Crippen molar-refractivity contribution in [1.82, 2.24) is 0 Å². The first-order valence-corrected chi connectivity index (χ1v) is 8.40. The molecule has 0 amide bonds. The van der Waals surface area contributed by atoms with E-state index in [4.69, 9.17) is 15.2 Å². The lowest BCUT2D eigenvalue weighted by molar-refractivity contribution is 0.0693. The Labute approximate surface area is 157 Å². The van der Waals surface area contributed by atoms with Crippen molar-refractivity contribution in [2.24, 2.45) is 0 Å². The highest BCUT2D eigenvalue weighted by molar-refractivity contribution is 6.07. The molecule has 0 radical (unpaired) electrons. The minimum atomic E-state index is -0.715. The zero-order valence-electron chi connectivity index (χ0n) is 15.1. The van der Waals surface area contributed by atoms with Crippen molar-refractivity contribution in [3.05, 3.63) is 89.0 Å². The van der Waals surface area contributed by atoms with Crippen LogP contribution in [0.3, 0.4) is 0 Å². The van der Waals surface area contributed by atoms with Crippen molar-refractivity contribution in [2.75, 3.05) is 5.73 Å². The summed E-state index contributed by atoms with van der Waals surface area (Å²) in [6.07, 6.45) is 0. The normalized spacial score (nSPS) is 10.3. The van der Waals surface area contributed by atoms with E-state index in [1.54, 1.807) is 30.3 Å². The Kier molecular flexibility index (Phi) is 5.22. The van der Waals surface area contributed by atoms with Crippen LogP contribution in [0.2, 0.25) is 0 Å². The van der Waals surface area contributed by atoms with E-state index < -0.39 is 11.9 Å². The van der Waals surface area contributed by atoms with E-state index >= 15 is 0 Å². The third-order valence-electron chi connectivity index (χ3n) is 3.98. The summed E-state index contributed by atoms with van der Waals surface area (Å²) in [5.74, 6) is -0.646. The van der Waals surface area contributed by atoms with Gasteiger partial charge in [0.05, 0.1) is 11.1 Å². The van der Waals surface area contributed by atoms with Gasteiger partial charge in [0.15, 0.2) is 0 Å². The molecule has 2 N–H and O–H groups in total. The van der Waals surface area contributed by atoms with Gasteiger partial charge in [-0.25, -0.2) is 9.59 Å². The quantitative estimate of drug-likeness (QED) is 0.425. The standard InChI is InChI=1S/C22H19NO4/c1-14-6-10-16(11-7-14)26-21(24)18-4-3-5-19(23)20(18)22(25)27-17-12-8-15(2)9-13-17/h3-13H,23H2,1-2H3. The molecule has 5 heteroatoms. The number of rotatable bonds is 4. The monoisotopic (exact) mass is 361 g/mol. The van der Waals surface area contributed by atoms with E-state index in [0.29, 0.717) is 11.5 Å². The third kappa shape index (κ3) is 4.33. The number of esters is 2. The molecule has 0 atom stereocenters. The lowest BCUT2D eigenvalue weighted by Gasteiger charge is -2.12. The van der Waals surface area contributed by atoms with Crippen molar-refractivity contribution >= 4 is 17.6 Å². The van der Waals surface area contributed by atoms with Crippen LogP contribution in [0.25, 0.3) is 0 Å². The second-order valence-corrected chi connectivity index (χ2v) is 6.17. The molecule has 0 heterocycles. The summed E-state index contributed by atoms with van der Waals surface area (Å²) in [6.45, 7) is 3.86. The molecule has 0 aliphatic carbocycles. The number of anilines is 1. The van der Waals surface area contributed by atoms with Gasteiger partial charge in [0.2, 0.25) is 0 Å². The molecule has 0 aromatic heterocycles. The number of carbonyl (C=O) groups excluding carboxylic acids is 2. The molecule has 3 aromatic rings. The Morgan fingerprint density at radius 3 is 1.70 bits per heavy atom. The van der Waals surface area contributed by atoms with E-state index in [1.165, 1.54) is 12.1 Å². The fraction of sp³-hybridized carbons (Fsp3) is 0.0909. The minimum Gasteiger partial charge on any atom is -0.423 e. The zero-order chi connectivity index (χ0) is 19.4. The van der Waals surface area contributed by atoms with Crippen molar-refractivity contribution in [1.29, 1.82) is 0 Å². The molecular formula is C22H19NO4. The largest absolute Gasteiger partial charge is 0.423 e. The average Bonchev–Trinajstić information content (AvgIpc) is 2.65. The first kappa shape index (κ1) is 18.2. The van der Waals surface area contributed by atoms with Crippen molar-refractivity contribution in [2.45, 2.75) is 13.8 Å². The fourth-order valence-corrected chi connectivity index (χ4v) is 2.50. The van der Waals surface area contributed by atoms with Gasteiger partial charge in [-0.15, -0.1) is 0 Å².